The minimum absolute atomic E-state index is 0.482. The zero-order valence-corrected chi connectivity index (χ0v) is 10.9. The van der Waals surface area contributed by atoms with E-state index in [2.05, 4.69) is 37.0 Å². The lowest BCUT2D eigenvalue weighted by atomic mass is 10.0. The first kappa shape index (κ1) is 12.1. The van der Waals surface area contributed by atoms with Crippen LogP contribution in [0.25, 0.3) is 0 Å². The van der Waals surface area contributed by atoms with E-state index in [1.165, 1.54) is 11.1 Å². The molecule has 17 heavy (non-hydrogen) atoms. The van der Waals surface area contributed by atoms with E-state index in [4.69, 9.17) is 11.6 Å². The normalized spacial score (nSPS) is 10.8. The SMILES string of the molecule is CC(C)c1ccc(Cc2cccc(Cl)c2)cn1. The second-order valence-corrected chi connectivity index (χ2v) is 4.99. The lowest BCUT2D eigenvalue weighted by Gasteiger charge is -2.06. The van der Waals surface area contributed by atoms with Gasteiger partial charge in [0, 0.05) is 16.9 Å². The van der Waals surface area contributed by atoms with Gasteiger partial charge in [-0.15, -0.1) is 0 Å². The van der Waals surface area contributed by atoms with Crippen LogP contribution in [0, 0.1) is 0 Å². The molecule has 0 radical (unpaired) electrons. The van der Waals surface area contributed by atoms with Gasteiger partial charge in [-0.05, 0) is 41.7 Å². The van der Waals surface area contributed by atoms with Gasteiger partial charge in [-0.25, -0.2) is 0 Å². The summed E-state index contributed by atoms with van der Waals surface area (Å²) in [6, 6.07) is 12.2. The predicted octanol–water partition coefficient (Wildman–Crippen LogP) is 4.45. The third-order valence-corrected chi connectivity index (χ3v) is 2.97. The molecule has 1 aromatic carbocycles. The van der Waals surface area contributed by atoms with Crippen molar-refractivity contribution in [2.45, 2.75) is 26.2 Å². The summed E-state index contributed by atoms with van der Waals surface area (Å²) in [5.74, 6) is 0.482. The molecule has 0 amide bonds. The van der Waals surface area contributed by atoms with Gasteiger partial charge in [-0.2, -0.15) is 0 Å². The number of hydrogen-bond acceptors (Lipinski definition) is 1. The third kappa shape index (κ3) is 3.31. The second kappa shape index (κ2) is 5.33. The molecule has 0 spiro atoms. The topological polar surface area (TPSA) is 12.9 Å². The molecule has 1 nitrogen and oxygen atoms in total. The molecule has 0 fully saturated rings. The van der Waals surface area contributed by atoms with Crippen LogP contribution in [0.4, 0.5) is 0 Å². The van der Waals surface area contributed by atoms with Crippen molar-refractivity contribution in [3.8, 4) is 0 Å². The van der Waals surface area contributed by atoms with Crippen LogP contribution < -0.4 is 0 Å². The van der Waals surface area contributed by atoms with Crippen LogP contribution in [-0.2, 0) is 6.42 Å². The molecule has 0 aliphatic rings. The van der Waals surface area contributed by atoms with Crippen molar-refractivity contribution < 1.29 is 0 Å². The maximum atomic E-state index is 5.96. The average Bonchev–Trinajstić information content (AvgIpc) is 2.29. The van der Waals surface area contributed by atoms with Crippen molar-refractivity contribution in [3.05, 3.63) is 64.4 Å². The highest BCUT2D eigenvalue weighted by Gasteiger charge is 2.01. The van der Waals surface area contributed by atoms with Crippen LogP contribution in [0.15, 0.2) is 42.6 Å². The Morgan fingerprint density at radius 3 is 2.53 bits per heavy atom. The Morgan fingerprint density at radius 1 is 1.12 bits per heavy atom. The molecule has 0 saturated heterocycles. The number of aromatic nitrogens is 1. The molecule has 1 heterocycles. The fourth-order valence-corrected chi connectivity index (χ4v) is 1.98. The number of pyridine rings is 1. The van der Waals surface area contributed by atoms with Crippen LogP contribution in [0.3, 0.4) is 0 Å². The van der Waals surface area contributed by atoms with Gasteiger partial charge in [0.2, 0.25) is 0 Å². The molecule has 0 aliphatic carbocycles. The maximum absolute atomic E-state index is 5.96. The molecule has 2 rings (SSSR count). The quantitative estimate of drug-likeness (QED) is 0.779. The van der Waals surface area contributed by atoms with Crippen molar-refractivity contribution >= 4 is 11.6 Å². The third-order valence-electron chi connectivity index (χ3n) is 2.74. The van der Waals surface area contributed by atoms with Gasteiger partial charge in [0.05, 0.1) is 0 Å². The smallest absolute Gasteiger partial charge is 0.0429 e. The molecular formula is C15H16ClN. The Labute approximate surface area is 107 Å². The summed E-state index contributed by atoms with van der Waals surface area (Å²) >= 11 is 5.96. The molecule has 0 bridgehead atoms. The van der Waals surface area contributed by atoms with Crippen molar-refractivity contribution in [2.24, 2.45) is 0 Å². The van der Waals surface area contributed by atoms with Gasteiger partial charge in [-0.3, -0.25) is 4.98 Å². The van der Waals surface area contributed by atoms with E-state index < -0.39 is 0 Å². The lowest BCUT2D eigenvalue weighted by Crippen LogP contribution is -1.94. The molecule has 0 aliphatic heterocycles. The van der Waals surface area contributed by atoms with Crippen LogP contribution in [0.2, 0.25) is 5.02 Å². The van der Waals surface area contributed by atoms with Gasteiger partial charge in [-0.1, -0.05) is 43.6 Å². The number of rotatable bonds is 3. The number of benzene rings is 1. The van der Waals surface area contributed by atoms with Crippen LogP contribution in [0.5, 0.6) is 0 Å². The van der Waals surface area contributed by atoms with Crippen molar-refractivity contribution in [3.63, 3.8) is 0 Å². The molecular weight excluding hydrogens is 230 g/mol. The summed E-state index contributed by atoms with van der Waals surface area (Å²) < 4.78 is 0. The first-order valence-electron chi connectivity index (χ1n) is 5.84. The lowest BCUT2D eigenvalue weighted by molar-refractivity contribution is 0.819. The zero-order valence-electron chi connectivity index (χ0n) is 10.2. The number of nitrogens with zero attached hydrogens (tertiary/aromatic N) is 1. The largest absolute Gasteiger partial charge is 0.261 e. The van der Waals surface area contributed by atoms with Gasteiger partial charge >= 0.3 is 0 Å². The van der Waals surface area contributed by atoms with E-state index in [9.17, 15) is 0 Å². The zero-order chi connectivity index (χ0) is 12.3. The van der Waals surface area contributed by atoms with Crippen LogP contribution in [0.1, 0.15) is 36.6 Å². The van der Waals surface area contributed by atoms with Crippen LogP contribution >= 0.6 is 11.6 Å². The van der Waals surface area contributed by atoms with Crippen molar-refractivity contribution in [2.75, 3.05) is 0 Å². The fraction of sp³-hybridized carbons (Fsp3) is 0.267. The molecule has 0 unspecified atom stereocenters. The number of halogens is 1. The minimum atomic E-state index is 0.482. The minimum Gasteiger partial charge on any atom is -0.261 e. The van der Waals surface area contributed by atoms with E-state index in [0.29, 0.717) is 5.92 Å². The molecule has 0 N–H and O–H groups in total. The highest BCUT2D eigenvalue weighted by atomic mass is 35.5. The van der Waals surface area contributed by atoms with E-state index >= 15 is 0 Å². The van der Waals surface area contributed by atoms with E-state index in [1.807, 2.05) is 24.4 Å². The van der Waals surface area contributed by atoms with E-state index in [0.717, 1.165) is 17.1 Å². The monoisotopic (exact) mass is 245 g/mol. The summed E-state index contributed by atoms with van der Waals surface area (Å²) in [6.07, 6.45) is 2.84. The molecule has 1 aromatic heterocycles. The Hall–Kier alpha value is -1.34. The summed E-state index contributed by atoms with van der Waals surface area (Å²) in [5.41, 5.74) is 3.58. The molecule has 88 valence electrons. The molecule has 0 saturated carbocycles. The first-order chi connectivity index (χ1) is 8.15. The molecule has 2 aromatic rings. The highest BCUT2D eigenvalue weighted by molar-refractivity contribution is 6.30. The van der Waals surface area contributed by atoms with E-state index in [1.54, 1.807) is 0 Å². The Balaban J connectivity index is 2.14. The van der Waals surface area contributed by atoms with Crippen LogP contribution in [-0.4, -0.2) is 4.98 Å². The van der Waals surface area contributed by atoms with Crippen molar-refractivity contribution in [1.82, 2.24) is 4.98 Å². The standard InChI is InChI=1S/C15H16ClN/c1-11(2)15-7-6-13(10-17-15)8-12-4-3-5-14(16)9-12/h3-7,9-11H,8H2,1-2H3. The van der Waals surface area contributed by atoms with Gasteiger partial charge in [0.15, 0.2) is 0 Å². The summed E-state index contributed by atoms with van der Waals surface area (Å²) in [6.45, 7) is 4.30. The summed E-state index contributed by atoms with van der Waals surface area (Å²) in [4.78, 5) is 4.46. The molecule has 0 atom stereocenters. The fourth-order valence-electron chi connectivity index (χ4n) is 1.76. The van der Waals surface area contributed by atoms with Gasteiger partial charge < -0.3 is 0 Å². The predicted molar refractivity (Wildman–Crippen MR) is 72.6 cm³/mol. The Bertz CT molecular complexity index is 489. The Morgan fingerprint density at radius 2 is 1.94 bits per heavy atom. The Kier molecular flexibility index (Phi) is 3.80. The van der Waals surface area contributed by atoms with Gasteiger partial charge in [0.1, 0.15) is 0 Å². The summed E-state index contributed by atoms with van der Waals surface area (Å²) in [5, 5.41) is 0.786. The average molecular weight is 246 g/mol. The maximum Gasteiger partial charge on any atom is 0.0429 e. The first-order valence-corrected chi connectivity index (χ1v) is 6.22. The highest BCUT2D eigenvalue weighted by Crippen LogP contribution is 2.16. The van der Waals surface area contributed by atoms with Crippen molar-refractivity contribution in [1.29, 1.82) is 0 Å². The second-order valence-electron chi connectivity index (χ2n) is 4.55. The number of hydrogen-bond donors (Lipinski definition) is 0. The van der Waals surface area contributed by atoms with E-state index in [-0.39, 0.29) is 0 Å². The molecule has 2 heteroatoms. The van der Waals surface area contributed by atoms with Gasteiger partial charge in [0.25, 0.3) is 0 Å². The summed E-state index contributed by atoms with van der Waals surface area (Å²) in [7, 11) is 0.